The maximum Gasteiger partial charge on any atom is 0.262 e. The molecule has 11 heteroatoms. The van der Waals surface area contributed by atoms with Crippen LogP contribution < -0.4 is 10.5 Å². The molecular weight excluding hydrogens is 482 g/mol. The van der Waals surface area contributed by atoms with Crippen molar-refractivity contribution in [3.05, 3.63) is 81.2 Å². The Morgan fingerprint density at radius 2 is 1.82 bits per heavy atom. The minimum Gasteiger partial charge on any atom is -0.369 e. The first kappa shape index (κ1) is 23.8. The maximum atomic E-state index is 13.5. The zero-order valence-electron chi connectivity index (χ0n) is 17.8. The minimum atomic E-state index is -3.97. The largest absolute Gasteiger partial charge is 0.369 e. The van der Waals surface area contributed by atoms with E-state index in [9.17, 15) is 27.3 Å². The highest BCUT2D eigenvalue weighted by Crippen LogP contribution is 2.38. The number of nitrogens with one attached hydrogen (secondary N) is 1. The van der Waals surface area contributed by atoms with E-state index in [4.69, 9.17) is 5.73 Å². The number of nitriles is 1. The third kappa shape index (κ3) is 5.25. The molecule has 3 aromatic rings. The Morgan fingerprint density at radius 3 is 2.44 bits per heavy atom. The number of halogens is 2. The van der Waals surface area contributed by atoms with Gasteiger partial charge in [-0.3, -0.25) is 14.4 Å². The van der Waals surface area contributed by atoms with Crippen molar-refractivity contribution in [2.45, 2.75) is 30.8 Å². The van der Waals surface area contributed by atoms with Crippen LogP contribution >= 0.6 is 11.3 Å². The van der Waals surface area contributed by atoms with E-state index in [1.165, 1.54) is 47.7 Å². The molecule has 3 N–H and O–H groups in total. The van der Waals surface area contributed by atoms with Crippen LogP contribution in [0.25, 0.3) is 0 Å². The van der Waals surface area contributed by atoms with E-state index >= 15 is 0 Å². The average molecular weight is 503 g/mol. The fourth-order valence-electron chi connectivity index (χ4n) is 3.91. The molecule has 1 amide bonds. The minimum absolute atomic E-state index is 0.00272. The van der Waals surface area contributed by atoms with Crippen LogP contribution in [-0.2, 0) is 40.7 Å². The highest BCUT2D eigenvalue weighted by atomic mass is 32.2. The third-order valence-corrected chi connectivity index (χ3v) is 8.04. The Hall–Kier alpha value is -3.33. The molecule has 7 nitrogen and oxygen atoms in total. The van der Waals surface area contributed by atoms with Crippen molar-refractivity contribution in [1.82, 2.24) is 4.90 Å². The molecule has 0 saturated carbocycles. The van der Waals surface area contributed by atoms with Crippen LogP contribution in [-0.4, -0.2) is 25.8 Å². The van der Waals surface area contributed by atoms with Gasteiger partial charge in [0.1, 0.15) is 22.7 Å². The normalized spacial score (nSPS) is 13.8. The molecule has 4 rings (SSSR count). The van der Waals surface area contributed by atoms with E-state index in [2.05, 4.69) is 10.8 Å². The van der Waals surface area contributed by atoms with Crippen LogP contribution in [0.1, 0.15) is 27.1 Å². The number of rotatable bonds is 7. The Bertz CT molecular complexity index is 1380. The van der Waals surface area contributed by atoms with Crippen LogP contribution in [0.5, 0.6) is 0 Å². The first-order valence-corrected chi connectivity index (χ1v) is 12.6. The number of nitrogens with two attached hydrogens (primary N) is 1. The van der Waals surface area contributed by atoms with Crippen LogP contribution in [0.3, 0.4) is 0 Å². The molecule has 0 spiro atoms. The molecular formula is C23H20F2N4O3S2. The molecule has 2 heterocycles. The summed E-state index contributed by atoms with van der Waals surface area (Å²) >= 11 is 1.18. The lowest BCUT2D eigenvalue weighted by Crippen LogP contribution is -2.29. The molecule has 1 aliphatic rings. The summed E-state index contributed by atoms with van der Waals surface area (Å²) in [5, 5.41) is 9.92. The molecule has 0 aliphatic carbocycles. The Labute approximate surface area is 199 Å². The summed E-state index contributed by atoms with van der Waals surface area (Å²) in [7, 11) is -3.97. The van der Waals surface area contributed by atoms with Gasteiger partial charge in [-0.25, -0.2) is 17.2 Å². The smallest absolute Gasteiger partial charge is 0.262 e. The SMILES string of the molecule is N#Cc1c(NS(=O)(=O)c2ccc(CC(N)=O)cc2)sc2c1CCN(Cc1cc(F)cc(F)c1)C2. The number of anilines is 1. The number of fused-ring (bicyclic) bond motifs is 1. The van der Waals surface area contributed by atoms with Crippen molar-refractivity contribution < 1.29 is 22.0 Å². The van der Waals surface area contributed by atoms with Gasteiger partial charge in [0.05, 0.1) is 16.9 Å². The van der Waals surface area contributed by atoms with Gasteiger partial charge >= 0.3 is 0 Å². The summed E-state index contributed by atoms with van der Waals surface area (Å²) in [4.78, 5) is 13.8. The highest BCUT2D eigenvalue weighted by Gasteiger charge is 2.27. The van der Waals surface area contributed by atoms with E-state index in [0.717, 1.165) is 16.5 Å². The summed E-state index contributed by atoms with van der Waals surface area (Å²) in [5.74, 6) is -1.81. The van der Waals surface area contributed by atoms with Gasteiger partial charge in [0, 0.05) is 30.6 Å². The number of thiophene rings is 1. The van der Waals surface area contributed by atoms with E-state index in [-0.39, 0.29) is 21.9 Å². The van der Waals surface area contributed by atoms with E-state index in [1.54, 1.807) is 0 Å². The van der Waals surface area contributed by atoms with Gasteiger partial charge in [0.15, 0.2) is 0 Å². The molecule has 0 fully saturated rings. The van der Waals surface area contributed by atoms with Gasteiger partial charge < -0.3 is 5.73 Å². The second-order valence-electron chi connectivity index (χ2n) is 7.95. The zero-order chi connectivity index (χ0) is 24.5. The quantitative estimate of drug-likeness (QED) is 0.514. The van der Waals surface area contributed by atoms with Crippen molar-refractivity contribution in [2.75, 3.05) is 11.3 Å². The molecule has 0 bridgehead atoms. The summed E-state index contributed by atoms with van der Waals surface area (Å²) in [5.41, 5.74) is 7.32. The topological polar surface area (TPSA) is 116 Å². The number of sulfonamides is 1. The Morgan fingerprint density at radius 1 is 1.15 bits per heavy atom. The maximum absolute atomic E-state index is 13.5. The number of amides is 1. The molecule has 0 atom stereocenters. The van der Waals surface area contributed by atoms with Crippen LogP contribution in [0.15, 0.2) is 47.4 Å². The molecule has 0 radical (unpaired) electrons. The predicted octanol–water partition coefficient (Wildman–Crippen LogP) is 3.28. The Kier molecular flexibility index (Phi) is 6.65. The van der Waals surface area contributed by atoms with Crippen molar-refractivity contribution in [3.63, 3.8) is 0 Å². The summed E-state index contributed by atoms with van der Waals surface area (Å²) in [6.45, 7) is 1.31. The summed E-state index contributed by atoms with van der Waals surface area (Å²) in [6.07, 6.45) is 0.513. The standard InChI is InChI=1S/C23H20F2N4O3S2/c24-16-7-15(8-17(25)10-16)12-29-6-5-19-20(11-26)23(33-21(19)13-29)28-34(31,32)18-3-1-14(2-4-18)9-22(27)30/h1-4,7-8,10,28H,5-6,9,12-13H2,(H2,27,30). The van der Waals surface area contributed by atoms with E-state index in [0.29, 0.717) is 37.2 Å². The summed E-state index contributed by atoms with van der Waals surface area (Å²) < 4.78 is 55.3. The van der Waals surface area contributed by atoms with Crippen molar-refractivity contribution in [2.24, 2.45) is 5.73 Å². The van der Waals surface area contributed by atoms with Gasteiger partial charge in [0.2, 0.25) is 5.91 Å². The Balaban J connectivity index is 1.53. The number of primary amides is 1. The van der Waals surface area contributed by atoms with Gasteiger partial charge in [-0.05, 0) is 47.4 Å². The fourth-order valence-corrected chi connectivity index (χ4v) is 6.46. The molecule has 34 heavy (non-hydrogen) atoms. The third-order valence-electron chi connectivity index (χ3n) is 5.42. The van der Waals surface area contributed by atoms with E-state index < -0.39 is 27.6 Å². The number of hydrogen-bond donors (Lipinski definition) is 2. The van der Waals surface area contributed by atoms with Crippen molar-refractivity contribution in [1.29, 1.82) is 5.26 Å². The molecule has 0 saturated heterocycles. The van der Waals surface area contributed by atoms with Crippen molar-refractivity contribution >= 4 is 32.3 Å². The first-order valence-electron chi connectivity index (χ1n) is 10.3. The zero-order valence-corrected chi connectivity index (χ0v) is 19.5. The van der Waals surface area contributed by atoms with Crippen LogP contribution in [0.4, 0.5) is 13.8 Å². The molecule has 0 unspecified atom stereocenters. The molecule has 1 aromatic heterocycles. The molecule has 176 valence electrons. The van der Waals surface area contributed by atoms with Crippen molar-refractivity contribution in [3.8, 4) is 6.07 Å². The second kappa shape index (κ2) is 9.50. The molecule has 1 aliphatic heterocycles. The monoisotopic (exact) mass is 502 g/mol. The van der Waals surface area contributed by atoms with Gasteiger partial charge in [-0.15, -0.1) is 11.3 Å². The number of benzene rings is 2. The lowest BCUT2D eigenvalue weighted by molar-refractivity contribution is -0.117. The van der Waals surface area contributed by atoms with E-state index in [1.807, 2.05) is 4.90 Å². The first-order chi connectivity index (χ1) is 16.1. The second-order valence-corrected chi connectivity index (χ2v) is 10.7. The number of hydrogen-bond acceptors (Lipinski definition) is 6. The lowest BCUT2D eigenvalue weighted by atomic mass is 10.0. The van der Waals surface area contributed by atoms with Crippen LogP contribution in [0, 0.1) is 23.0 Å². The number of nitrogens with zero attached hydrogens (tertiary/aromatic N) is 2. The highest BCUT2D eigenvalue weighted by molar-refractivity contribution is 7.93. The van der Waals surface area contributed by atoms with Gasteiger partial charge in [-0.1, -0.05) is 12.1 Å². The molecule has 2 aromatic carbocycles. The summed E-state index contributed by atoms with van der Waals surface area (Å²) in [6, 6.07) is 11.3. The fraction of sp³-hybridized carbons (Fsp3) is 0.217. The predicted molar refractivity (Wildman–Crippen MR) is 123 cm³/mol. The number of carbonyl (C=O) groups is 1. The average Bonchev–Trinajstić information content (AvgIpc) is 3.08. The van der Waals surface area contributed by atoms with Gasteiger partial charge in [0.25, 0.3) is 10.0 Å². The van der Waals surface area contributed by atoms with Crippen LogP contribution in [0.2, 0.25) is 0 Å². The van der Waals surface area contributed by atoms with Gasteiger partial charge in [-0.2, -0.15) is 5.26 Å². The number of carbonyl (C=O) groups excluding carboxylic acids is 1. The lowest BCUT2D eigenvalue weighted by Gasteiger charge is -2.26.